The number of rotatable bonds is 3. The number of benzene rings is 2. The minimum absolute atomic E-state index is 0.300. The van der Waals surface area contributed by atoms with Gasteiger partial charge in [0.15, 0.2) is 5.82 Å². The predicted octanol–water partition coefficient (Wildman–Crippen LogP) is 4.72. The molecule has 2 aromatic carbocycles. The van der Waals surface area contributed by atoms with Crippen molar-refractivity contribution < 1.29 is 4.39 Å². The van der Waals surface area contributed by atoms with Crippen LogP contribution in [0, 0.1) is 17.1 Å². The van der Waals surface area contributed by atoms with Gasteiger partial charge in [-0.15, -0.1) is 0 Å². The molecule has 2 N–H and O–H groups in total. The first-order valence-corrected chi connectivity index (χ1v) is 8.94. The lowest BCUT2D eigenvalue weighted by Crippen LogP contribution is -2.09. The molecule has 0 atom stereocenters. The number of anilines is 3. The highest BCUT2D eigenvalue weighted by Crippen LogP contribution is 2.38. The Kier molecular flexibility index (Phi) is 4.18. The largest absolute Gasteiger partial charge is 0.383 e. The molecule has 2 aromatic heterocycles. The number of halogens is 1. The van der Waals surface area contributed by atoms with Crippen molar-refractivity contribution in [2.24, 2.45) is 0 Å². The summed E-state index contributed by atoms with van der Waals surface area (Å²) in [5.41, 5.74) is 7.87. The van der Waals surface area contributed by atoms with Crippen LogP contribution >= 0.6 is 11.3 Å². The number of para-hydroxylation sites is 1. The first-order valence-electron chi connectivity index (χ1n) is 8.12. The zero-order valence-corrected chi connectivity index (χ0v) is 15.2. The Morgan fingerprint density at radius 1 is 1.11 bits per heavy atom. The summed E-state index contributed by atoms with van der Waals surface area (Å²) in [7, 11) is 1.80. The normalized spacial score (nSPS) is 10.7. The monoisotopic (exact) mass is 375 g/mol. The summed E-state index contributed by atoms with van der Waals surface area (Å²) in [6.07, 6.45) is 0. The summed E-state index contributed by atoms with van der Waals surface area (Å²) in [5, 5.41) is 10.6. The maximum atomic E-state index is 14.1. The summed E-state index contributed by atoms with van der Waals surface area (Å²) in [6, 6.07) is 17.6. The van der Waals surface area contributed by atoms with Gasteiger partial charge in [0.2, 0.25) is 0 Å². The molecule has 0 radical (unpaired) electrons. The number of thiophene rings is 1. The van der Waals surface area contributed by atoms with Gasteiger partial charge in [0.05, 0.1) is 27.7 Å². The van der Waals surface area contributed by atoms with Crippen LogP contribution in [-0.2, 0) is 0 Å². The van der Waals surface area contributed by atoms with Crippen molar-refractivity contribution >= 4 is 38.1 Å². The van der Waals surface area contributed by atoms with Gasteiger partial charge in [-0.05, 0) is 30.3 Å². The second-order valence-electron chi connectivity index (χ2n) is 5.94. The van der Waals surface area contributed by atoms with Crippen molar-refractivity contribution in [1.82, 2.24) is 9.97 Å². The molecule has 0 bridgehead atoms. The zero-order valence-electron chi connectivity index (χ0n) is 14.3. The van der Waals surface area contributed by atoms with Crippen LogP contribution in [0.4, 0.5) is 20.9 Å². The van der Waals surface area contributed by atoms with Gasteiger partial charge in [-0.2, -0.15) is 5.26 Å². The van der Waals surface area contributed by atoms with E-state index in [4.69, 9.17) is 11.0 Å². The highest BCUT2D eigenvalue weighted by atomic mass is 32.1. The van der Waals surface area contributed by atoms with Crippen molar-refractivity contribution in [3.05, 3.63) is 66.0 Å². The highest BCUT2D eigenvalue weighted by Gasteiger charge is 2.16. The van der Waals surface area contributed by atoms with Crippen LogP contribution < -0.4 is 10.6 Å². The zero-order chi connectivity index (χ0) is 19.0. The SMILES string of the molecule is CN(c1cc2c(N)nc(-c3cccc(C#N)c3)nc2s1)c1ccccc1F. The number of hydrogen-bond acceptors (Lipinski definition) is 6. The van der Waals surface area contributed by atoms with E-state index >= 15 is 0 Å². The van der Waals surface area contributed by atoms with E-state index in [2.05, 4.69) is 16.0 Å². The molecule has 2 heterocycles. The van der Waals surface area contributed by atoms with Gasteiger partial charge in [0.25, 0.3) is 0 Å². The lowest BCUT2D eigenvalue weighted by atomic mass is 10.1. The standard InChI is InChI=1S/C20H14FN5S/c1-26(16-8-3-2-7-15(16)21)17-10-14-18(23)24-19(25-20(14)27-17)13-6-4-5-12(9-13)11-22/h2-10H,1H3,(H2,23,24,25). The Balaban J connectivity index is 1.80. The Labute approximate surface area is 159 Å². The van der Waals surface area contributed by atoms with E-state index in [1.807, 2.05) is 12.1 Å². The molecule has 27 heavy (non-hydrogen) atoms. The molecule has 4 rings (SSSR count). The van der Waals surface area contributed by atoms with Crippen LogP contribution in [-0.4, -0.2) is 17.0 Å². The molecule has 4 aromatic rings. The molecule has 0 unspecified atom stereocenters. The number of aromatic nitrogens is 2. The number of hydrogen-bond donors (Lipinski definition) is 1. The summed E-state index contributed by atoms with van der Waals surface area (Å²) in [5.74, 6) is 0.506. The number of nitrogens with two attached hydrogens (primary N) is 1. The van der Waals surface area contributed by atoms with Crippen LogP contribution in [0.2, 0.25) is 0 Å². The Bertz CT molecular complexity index is 1190. The van der Waals surface area contributed by atoms with Crippen molar-refractivity contribution in [3.63, 3.8) is 0 Å². The molecule has 7 heteroatoms. The third-order valence-electron chi connectivity index (χ3n) is 4.20. The van der Waals surface area contributed by atoms with E-state index in [9.17, 15) is 4.39 Å². The second kappa shape index (κ2) is 6.67. The van der Waals surface area contributed by atoms with E-state index in [0.29, 0.717) is 27.7 Å². The van der Waals surface area contributed by atoms with Gasteiger partial charge in [-0.3, -0.25) is 0 Å². The molecule has 0 saturated heterocycles. The highest BCUT2D eigenvalue weighted by molar-refractivity contribution is 7.22. The Morgan fingerprint density at radius 3 is 2.70 bits per heavy atom. The fourth-order valence-corrected chi connectivity index (χ4v) is 3.81. The molecule has 0 saturated carbocycles. The van der Waals surface area contributed by atoms with Crippen molar-refractivity contribution in [3.8, 4) is 17.5 Å². The lowest BCUT2D eigenvalue weighted by Gasteiger charge is -2.17. The number of nitrogens with zero attached hydrogens (tertiary/aromatic N) is 4. The van der Waals surface area contributed by atoms with Crippen LogP contribution in [0.15, 0.2) is 54.6 Å². The maximum absolute atomic E-state index is 14.1. The van der Waals surface area contributed by atoms with Crippen LogP contribution in [0.25, 0.3) is 21.6 Å². The summed E-state index contributed by atoms with van der Waals surface area (Å²) in [6.45, 7) is 0. The fraction of sp³-hybridized carbons (Fsp3) is 0.0500. The average molecular weight is 375 g/mol. The van der Waals surface area contributed by atoms with Gasteiger partial charge >= 0.3 is 0 Å². The molecule has 5 nitrogen and oxygen atoms in total. The van der Waals surface area contributed by atoms with E-state index in [0.717, 1.165) is 16.0 Å². The summed E-state index contributed by atoms with van der Waals surface area (Å²) in [4.78, 5) is 11.4. The molecular weight excluding hydrogens is 361 g/mol. The number of nitriles is 1. The Hall–Kier alpha value is -3.50. The van der Waals surface area contributed by atoms with Crippen LogP contribution in [0.5, 0.6) is 0 Å². The molecule has 0 amide bonds. The molecular formula is C20H14FN5S. The first-order chi connectivity index (χ1) is 13.1. The van der Waals surface area contributed by atoms with Crippen molar-refractivity contribution in [2.45, 2.75) is 0 Å². The fourth-order valence-electron chi connectivity index (χ4n) is 2.80. The van der Waals surface area contributed by atoms with Gasteiger partial charge in [-0.1, -0.05) is 35.6 Å². The van der Waals surface area contributed by atoms with E-state index in [-0.39, 0.29) is 5.82 Å². The van der Waals surface area contributed by atoms with Crippen molar-refractivity contribution in [2.75, 3.05) is 17.7 Å². The molecule has 0 fully saturated rings. The third-order valence-corrected chi connectivity index (χ3v) is 5.31. The summed E-state index contributed by atoms with van der Waals surface area (Å²) < 4.78 is 14.1. The van der Waals surface area contributed by atoms with Gasteiger partial charge in [0, 0.05) is 12.6 Å². The first kappa shape index (κ1) is 16.9. The van der Waals surface area contributed by atoms with E-state index in [1.54, 1.807) is 48.3 Å². The topological polar surface area (TPSA) is 78.8 Å². The quantitative estimate of drug-likeness (QED) is 0.560. The van der Waals surface area contributed by atoms with Gasteiger partial charge in [-0.25, -0.2) is 14.4 Å². The minimum atomic E-state index is -0.300. The smallest absolute Gasteiger partial charge is 0.163 e. The maximum Gasteiger partial charge on any atom is 0.163 e. The number of fused-ring (bicyclic) bond motifs is 1. The molecule has 132 valence electrons. The van der Waals surface area contributed by atoms with Crippen molar-refractivity contribution in [1.29, 1.82) is 5.26 Å². The van der Waals surface area contributed by atoms with Gasteiger partial charge < -0.3 is 10.6 Å². The minimum Gasteiger partial charge on any atom is -0.383 e. The van der Waals surface area contributed by atoms with E-state index in [1.165, 1.54) is 17.4 Å². The number of nitrogen functional groups attached to an aromatic ring is 1. The third kappa shape index (κ3) is 3.07. The second-order valence-corrected chi connectivity index (χ2v) is 6.95. The molecule has 0 spiro atoms. The average Bonchev–Trinajstić information content (AvgIpc) is 3.13. The van der Waals surface area contributed by atoms with Crippen LogP contribution in [0.1, 0.15) is 5.56 Å². The Morgan fingerprint density at radius 2 is 1.93 bits per heavy atom. The molecule has 0 aliphatic rings. The molecule has 0 aliphatic carbocycles. The summed E-state index contributed by atoms with van der Waals surface area (Å²) >= 11 is 1.41. The molecule has 0 aliphatic heterocycles. The lowest BCUT2D eigenvalue weighted by molar-refractivity contribution is 0.628. The predicted molar refractivity (Wildman–Crippen MR) is 106 cm³/mol. The van der Waals surface area contributed by atoms with Crippen LogP contribution in [0.3, 0.4) is 0 Å². The van der Waals surface area contributed by atoms with Gasteiger partial charge in [0.1, 0.15) is 16.5 Å². The van der Waals surface area contributed by atoms with E-state index < -0.39 is 0 Å².